The minimum absolute atomic E-state index is 1.08. The van der Waals surface area contributed by atoms with Crippen LogP contribution in [0.2, 0.25) is 0 Å². The molecule has 1 aliphatic rings. The summed E-state index contributed by atoms with van der Waals surface area (Å²) in [5.74, 6) is 0. The Bertz CT molecular complexity index is 1410. The third-order valence-electron chi connectivity index (χ3n) is 6.32. The lowest BCUT2D eigenvalue weighted by Gasteiger charge is -2.21. The Morgan fingerprint density at radius 1 is 0.690 bits per heavy atom. The van der Waals surface area contributed by atoms with Crippen molar-refractivity contribution < 1.29 is 0 Å². The summed E-state index contributed by atoms with van der Waals surface area (Å²) in [4.78, 5) is 4.88. The molecule has 0 saturated carbocycles. The van der Waals surface area contributed by atoms with E-state index in [1.165, 1.54) is 54.9 Å². The quantitative estimate of drug-likeness (QED) is 0.286. The van der Waals surface area contributed by atoms with Gasteiger partial charge in [-0.1, -0.05) is 72.8 Å². The summed E-state index contributed by atoms with van der Waals surface area (Å²) in [6, 6.07) is 28.8. The van der Waals surface area contributed by atoms with Crippen molar-refractivity contribution in [1.29, 1.82) is 0 Å². The molecule has 1 heteroatoms. The molecule has 0 radical (unpaired) electrons. The second-order valence-corrected chi connectivity index (χ2v) is 8.03. The standard InChI is InChI=1S/C28H21N/c1-18-17-29-28(26-15-12-20-7-3-5-9-25(20)27(18)26)22-13-14-24-21(16-22)11-10-19-6-2-4-8-23(19)24/h2-9,12-17H,10-11H2,1H3. The van der Waals surface area contributed by atoms with Gasteiger partial charge in [-0.2, -0.15) is 0 Å². The van der Waals surface area contributed by atoms with E-state index >= 15 is 0 Å². The van der Waals surface area contributed by atoms with Gasteiger partial charge in [0, 0.05) is 17.1 Å². The zero-order chi connectivity index (χ0) is 19.4. The molecular weight excluding hydrogens is 350 g/mol. The van der Waals surface area contributed by atoms with E-state index in [2.05, 4.69) is 85.8 Å². The number of benzene rings is 4. The first kappa shape index (κ1) is 16.5. The molecule has 0 unspecified atom stereocenters. The fourth-order valence-corrected chi connectivity index (χ4v) is 4.90. The molecule has 6 rings (SSSR count). The Balaban J connectivity index is 1.59. The highest BCUT2D eigenvalue weighted by molar-refractivity contribution is 6.12. The first-order valence-corrected chi connectivity index (χ1v) is 10.3. The highest BCUT2D eigenvalue weighted by atomic mass is 14.7. The summed E-state index contributed by atoms with van der Waals surface area (Å²) in [6.07, 6.45) is 4.23. The first-order chi connectivity index (χ1) is 14.3. The smallest absolute Gasteiger partial charge is 0.0780 e. The van der Waals surface area contributed by atoms with E-state index in [1.807, 2.05) is 6.20 Å². The zero-order valence-electron chi connectivity index (χ0n) is 16.4. The summed E-state index contributed by atoms with van der Waals surface area (Å²) in [6.45, 7) is 2.16. The second kappa shape index (κ2) is 6.28. The van der Waals surface area contributed by atoms with Gasteiger partial charge in [0.15, 0.2) is 0 Å². The fraction of sp³-hybridized carbons (Fsp3) is 0.107. The van der Waals surface area contributed by atoms with Gasteiger partial charge in [0.05, 0.1) is 5.69 Å². The molecule has 29 heavy (non-hydrogen) atoms. The van der Waals surface area contributed by atoms with Gasteiger partial charge in [-0.3, -0.25) is 4.98 Å². The highest BCUT2D eigenvalue weighted by Crippen LogP contribution is 2.38. The van der Waals surface area contributed by atoms with E-state index in [-0.39, 0.29) is 0 Å². The lowest BCUT2D eigenvalue weighted by atomic mass is 9.84. The predicted octanol–water partition coefficient (Wildman–Crippen LogP) is 7.13. The summed E-state index contributed by atoms with van der Waals surface area (Å²) in [5.41, 5.74) is 9.16. The molecule has 0 aliphatic heterocycles. The van der Waals surface area contributed by atoms with Crippen molar-refractivity contribution in [3.8, 4) is 22.4 Å². The summed E-state index contributed by atoms with van der Waals surface area (Å²) in [7, 11) is 0. The number of hydrogen-bond donors (Lipinski definition) is 0. The van der Waals surface area contributed by atoms with E-state index in [0.717, 1.165) is 18.5 Å². The lowest BCUT2D eigenvalue weighted by Crippen LogP contribution is -2.04. The van der Waals surface area contributed by atoms with Crippen LogP contribution in [0.1, 0.15) is 16.7 Å². The first-order valence-electron chi connectivity index (χ1n) is 10.3. The predicted molar refractivity (Wildman–Crippen MR) is 122 cm³/mol. The third-order valence-corrected chi connectivity index (χ3v) is 6.32. The van der Waals surface area contributed by atoms with E-state index in [1.54, 1.807) is 0 Å². The number of aromatic nitrogens is 1. The monoisotopic (exact) mass is 371 g/mol. The molecule has 1 aliphatic carbocycles. The molecule has 0 spiro atoms. The van der Waals surface area contributed by atoms with Crippen LogP contribution in [0.25, 0.3) is 43.9 Å². The van der Waals surface area contributed by atoms with Crippen molar-refractivity contribution >= 4 is 21.5 Å². The molecule has 0 bridgehead atoms. The Labute approximate surface area is 170 Å². The minimum atomic E-state index is 1.08. The molecule has 0 atom stereocenters. The maximum atomic E-state index is 4.88. The van der Waals surface area contributed by atoms with Gasteiger partial charge in [-0.15, -0.1) is 0 Å². The Kier molecular flexibility index (Phi) is 3.57. The van der Waals surface area contributed by atoms with Gasteiger partial charge >= 0.3 is 0 Å². The summed E-state index contributed by atoms with van der Waals surface area (Å²) in [5, 5.41) is 5.14. The van der Waals surface area contributed by atoms with E-state index in [0.29, 0.717) is 0 Å². The van der Waals surface area contributed by atoms with Crippen LogP contribution in [0.5, 0.6) is 0 Å². The van der Waals surface area contributed by atoms with Crippen molar-refractivity contribution in [1.82, 2.24) is 4.98 Å². The molecule has 0 N–H and O–H groups in total. The van der Waals surface area contributed by atoms with Crippen LogP contribution >= 0.6 is 0 Å². The van der Waals surface area contributed by atoms with Gasteiger partial charge in [-0.25, -0.2) is 0 Å². The molecular formula is C28H21N. The zero-order valence-corrected chi connectivity index (χ0v) is 16.4. The normalized spacial score (nSPS) is 12.7. The van der Waals surface area contributed by atoms with Crippen molar-refractivity contribution in [2.45, 2.75) is 19.8 Å². The number of aryl methyl sites for hydroxylation is 3. The van der Waals surface area contributed by atoms with Crippen LogP contribution in [0.15, 0.2) is 85.1 Å². The van der Waals surface area contributed by atoms with Crippen LogP contribution in [0, 0.1) is 6.92 Å². The van der Waals surface area contributed by atoms with Crippen LogP contribution in [-0.4, -0.2) is 4.98 Å². The number of fused-ring (bicyclic) bond motifs is 6. The Hall–Kier alpha value is -3.45. The van der Waals surface area contributed by atoms with Crippen molar-refractivity contribution in [3.63, 3.8) is 0 Å². The molecule has 0 amide bonds. The summed E-state index contributed by atoms with van der Waals surface area (Å²) >= 11 is 0. The lowest BCUT2D eigenvalue weighted by molar-refractivity contribution is 0.942. The SMILES string of the molecule is Cc1cnc(-c2ccc3c(c2)CCc2ccccc2-3)c2ccc3ccccc3c12. The third kappa shape index (κ3) is 2.51. The molecule has 4 aromatic carbocycles. The molecule has 0 fully saturated rings. The van der Waals surface area contributed by atoms with Crippen molar-refractivity contribution in [2.24, 2.45) is 0 Å². The molecule has 138 valence electrons. The molecule has 1 aromatic heterocycles. The molecule has 1 heterocycles. The van der Waals surface area contributed by atoms with Gasteiger partial charge in [0.25, 0.3) is 0 Å². The van der Waals surface area contributed by atoms with Crippen LogP contribution in [0.3, 0.4) is 0 Å². The Morgan fingerprint density at radius 3 is 2.45 bits per heavy atom. The largest absolute Gasteiger partial charge is 0.255 e. The fourth-order valence-electron chi connectivity index (χ4n) is 4.90. The van der Waals surface area contributed by atoms with Crippen LogP contribution in [-0.2, 0) is 12.8 Å². The topological polar surface area (TPSA) is 12.9 Å². The minimum Gasteiger partial charge on any atom is -0.255 e. The number of rotatable bonds is 1. The molecule has 5 aromatic rings. The van der Waals surface area contributed by atoms with Gasteiger partial charge < -0.3 is 0 Å². The van der Waals surface area contributed by atoms with Crippen molar-refractivity contribution in [3.05, 3.63) is 102 Å². The average Bonchev–Trinajstić information content (AvgIpc) is 2.78. The number of nitrogens with zero attached hydrogens (tertiary/aromatic N) is 1. The van der Waals surface area contributed by atoms with E-state index in [4.69, 9.17) is 4.98 Å². The highest BCUT2D eigenvalue weighted by Gasteiger charge is 2.17. The Morgan fingerprint density at radius 2 is 1.48 bits per heavy atom. The molecule has 1 nitrogen and oxygen atoms in total. The molecule has 0 saturated heterocycles. The van der Waals surface area contributed by atoms with Crippen LogP contribution in [0.4, 0.5) is 0 Å². The van der Waals surface area contributed by atoms with Crippen molar-refractivity contribution in [2.75, 3.05) is 0 Å². The second-order valence-electron chi connectivity index (χ2n) is 8.03. The summed E-state index contributed by atoms with van der Waals surface area (Å²) < 4.78 is 0. The van der Waals surface area contributed by atoms with Crippen LogP contribution < -0.4 is 0 Å². The maximum Gasteiger partial charge on any atom is 0.0780 e. The van der Waals surface area contributed by atoms with E-state index < -0.39 is 0 Å². The van der Waals surface area contributed by atoms with Gasteiger partial charge in [0.2, 0.25) is 0 Å². The maximum absolute atomic E-state index is 4.88. The average molecular weight is 371 g/mol. The van der Waals surface area contributed by atoms with Gasteiger partial charge in [0.1, 0.15) is 0 Å². The van der Waals surface area contributed by atoms with Gasteiger partial charge in [-0.05, 0) is 69.8 Å². The van der Waals surface area contributed by atoms with E-state index in [9.17, 15) is 0 Å². The number of hydrogen-bond acceptors (Lipinski definition) is 1. The number of pyridine rings is 1.